The summed E-state index contributed by atoms with van der Waals surface area (Å²) in [5.74, 6) is 1.29. The highest BCUT2D eigenvalue weighted by molar-refractivity contribution is 7.07. The molecular weight excluding hydrogens is 549 g/mol. The third-order valence-electron chi connectivity index (χ3n) is 5.91. The molecule has 39 heavy (non-hydrogen) atoms. The second-order valence-electron chi connectivity index (χ2n) is 8.72. The standard InChI is InChI=1S/C31H25Cl2N3O2S/c1-21-8-11-24(12-9-21)28-20-39-31(35-27-14-13-25(32)17-26(27)33)36(28)34-18-23-10-15-29(30(16-23)37-2)38-19-22-6-4-3-5-7-22/h3-18,20H,19H2,1-2H3/b34-18+,35-31?. The van der Waals surface area contributed by atoms with Crippen molar-refractivity contribution in [2.75, 3.05) is 7.11 Å². The van der Waals surface area contributed by atoms with Crippen LogP contribution in [0.4, 0.5) is 5.69 Å². The zero-order valence-corrected chi connectivity index (χ0v) is 23.7. The molecule has 0 amide bonds. The van der Waals surface area contributed by atoms with Gasteiger partial charge in [-0.25, -0.2) is 9.67 Å². The molecule has 0 spiro atoms. The van der Waals surface area contributed by atoms with Gasteiger partial charge in [-0.3, -0.25) is 0 Å². The van der Waals surface area contributed by atoms with Gasteiger partial charge in [-0.2, -0.15) is 5.10 Å². The van der Waals surface area contributed by atoms with Crippen molar-refractivity contribution in [3.8, 4) is 22.8 Å². The fourth-order valence-electron chi connectivity index (χ4n) is 3.83. The van der Waals surface area contributed by atoms with E-state index in [1.54, 1.807) is 31.5 Å². The van der Waals surface area contributed by atoms with Crippen molar-refractivity contribution >= 4 is 46.4 Å². The van der Waals surface area contributed by atoms with Gasteiger partial charge in [-0.05, 0) is 54.4 Å². The molecule has 5 nitrogen and oxygen atoms in total. The summed E-state index contributed by atoms with van der Waals surface area (Å²) >= 11 is 14.0. The summed E-state index contributed by atoms with van der Waals surface area (Å²) in [6.45, 7) is 2.51. The smallest absolute Gasteiger partial charge is 0.211 e. The van der Waals surface area contributed by atoms with Crippen LogP contribution in [0.15, 0.2) is 106 Å². The van der Waals surface area contributed by atoms with Crippen molar-refractivity contribution in [2.24, 2.45) is 10.1 Å². The SMILES string of the molecule is COc1cc(/C=N/n2c(-c3ccc(C)cc3)csc2=Nc2ccc(Cl)cc2Cl)ccc1OCc1ccccc1. The van der Waals surface area contributed by atoms with Gasteiger partial charge < -0.3 is 9.47 Å². The summed E-state index contributed by atoms with van der Waals surface area (Å²) < 4.78 is 13.4. The van der Waals surface area contributed by atoms with Gasteiger partial charge in [-0.15, -0.1) is 11.3 Å². The van der Waals surface area contributed by atoms with E-state index in [0.717, 1.165) is 22.4 Å². The Labute approximate surface area is 241 Å². The summed E-state index contributed by atoms with van der Waals surface area (Å²) in [5, 5.41) is 7.88. The summed E-state index contributed by atoms with van der Waals surface area (Å²) in [6.07, 6.45) is 1.77. The Balaban J connectivity index is 1.50. The molecule has 0 fully saturated rings. The van der Waals surface area contributed by atoms with E-state index in [1.807, 2.05) is 58.6 Å². The molecule has 0 bridgehead atoms. The van der Waals surface area contributed by atoms with Crippen LogP contribution in [-0.4, -0.2) is 18.0 Å². The number of aryl methyl sites for hydroxylation is 1. The normalized spacial score (nSPS) is 11.7. The fourth-order valence-corrected chi connectivity index (χ4v) is 5.13. The number of methoxy groups -OCH3 is 1. The largest absolute Gasteiger partial charge is 0.493 e. The third kappa shape index (κ3) is 6.60. The number of halogens is 2. The van der Waals surface area contributed by atoms with Crippen LogP contribution in [0.1, 0.15) is 16.7 Å². The highest BCUT2D eigenvalue weighted by Crippen LogP contribution is 2.30. The monoisotopic (exact) mass is 573 g/mol. The summed E-state index contributed by atoms with van der Waals surface area (Å²) in [7, 11) is 1.63. The van der Waals surface area contributed by atoms with E-state index >= 15 is 0 Å². The van der Waals surface area contributed by atoms with Crippen molar-refractivity contribution in [1.29, 1.82) is 0 Å². The minimum atomic E-state index is 0.452. The molecule has 0 aliphatic carbocycles. The number of ether oxygens (including phenoxy) is 2. The Morgan fingerprint density at radius 3 is 2.44 bits per heavy atom. The van der Waals surface area contributed by atoms with Gasteiger partial charge in [-0.1, -0.05) is 83.4 Å². The average molecular weight is 575 g/mol. The molecule has 0 N–H and O–H groups in total. The molecule has 196 valence electrons. The lowest BCUT2D eigenvalue weighted by Gasteiger charge is -2.11. The topological polar surface area (TPSA) is 48.1 Å². The summed E-state index contributed by atoms with van der Waals surface area (Å²) in [5.41, 5.74) is 5.67. The van der Waals surface area contributed by atoms with Gasteiger partial charge in [0, 0.05) is 16.0 Å². The van der Waals surface area contributed by atoms with Gasteiger partial charge in [0.05, 0.1) is 29.7 Å². The molecule has 0 radical (unpaired) electrons. The van der Waals surface area contributed by atoms with Gasteiger partial charge in [0.1, 0.15) is 6.61 Å². The van der Waals surface area contributed by atoms with Gasteiger partial charge in [0.15, 0.2) is 11.5 Å². The number of aromatic nitrogens is 1. The second-order valence-corrected chi connectivity index (χ2v) is 10.4. The van der Waals surface area contributed by atoms with Crippen molar-refractivity contribution < 1.29 is 9.47 Å². The Bertz CT molecular complexity index is 1680. The predicted octanol–water partition coefficient (Wildman–Crippen LogP) is 8.53. The summed E-state index contributed by atoms with van der Waals surface area (Å²) in [4.78, 5) is 5.46. The Hall–Kier alpha value is -3.84. The maximum atomic E-state index is 6.41. The second kappa shape index (κ2) is 12.3. The molecule has 5 aromatic rings. The number of thiazole rings is 1. The maximum absolute atomic E-state index is 6.41. The van der Waals surface area contributed by atoms with E-state index < -0.39 is 0 Å². The lowest BCUT2D eigenvalue weighted by Crippen LogP contribution is -2.11. The highest BCUT2D eigenvalue weighted by atomic mass is 35.5. The van der Waals surface area contributed by atoms with Crippen molar-refractivity contribution in [3.05, 3.63) is 128 Å². The number of rotatable bonds is 8. The van der Waals surface area contributed by atoms with Gasteiger partial charge >= 0.3 is 0 Å². The minimum absolute atomic E-state index is 0.452. The molecule has 0 saturated carbocycles. The molecule has 0 saturated heterocycles. The maximum Gasteiger partial charge on any atom is 0.211 e. The van der Waals surface area contributed by atoms with Crippen LogP contribution in [0, 0.1) is 6.92 Å². The van der Waals surface area contributed by atoms with E-state index in [-0.39, 0.29) is 0 Å². The zero-order chi connectivity index (χ0) is 27.2. The minimum Gasteiger partial charge on any atom is -0.493 e. The van der Waals surface area contributed by atoms with Crippen LogP contribution in [0.25, 0.3) is 11.3 Å². The van der Waals surface area contributed by atoms with Crippen LogP contribution < -0.4 is 14.3 Å². The molecule has 8 heteroatoms. The van der Waals surface area contributed by atoms with Crippen LogP contribution in [0.3, 0.4) is 0 Å². The van der Waals surface area contributed by atoms with E-state index in [9.17, 15) is 0 Å². The first-order valence-electron chi connectivity index (χ1n) is 12.2. The number of benzene rings is 4. The number of hydrogen-bond donors (Lipinski definition) is 0. The molecule has 0 aliphatic rings. The lowest BCUT2D eigenvalue weighted by molar-refractivity contribution is 0.284. The van der Waals surface area contributed by atoms with Crippen LogP contribution >= 0.6 is 34.5 Å². The van der Waals surface area contributed by atoms with Gasteiger partial charge in [0.2, 0.25) is 4.80 Å². The van der Waals surface area contributed by atoms with E-state index in [1.165, 1.54) is 16.9 Å². The molecule has 0 atom stereocenters. The molecule has 0 unspecified atom stereocenters. The first-order valence-corrected chi connectivity index (χ1v) is 13.8. The lowest BCUT2D eigenvalue weighted by atomic mass is 10.1. The molecule has 1 aromatic heterocycles. The molecule has 1 heterocycles. The van der Waals surface area contributed by atoms with Crippen molar-refractivity contribution in [3.63, 3.8) is 0 Å². The predicted molar refractivity (Wildman–Crippen MR) is 161 cm³/mol. The van der Waals surface area contributed by atoms with E-state index in [0.29, 0.717) is 38.6 Å². The first-order chi connectivity index (χ1) is 19.0. The van der Waals surface area contributed by atoms with E-state index in [4.69, 9.17) is 42.8 Å². The first kappa shape index (κ1) is 26.8. The van der Waals surface area contributed by atoms with Crippen molar-refractivity contribution in [2.45, 2.75) is 13.5 Å². The zero-order valence-electron chi connectivity index (χ0n) is 21.3. The summed E-state index contributed by atoms with van der Waals surface area (Å²) in [6, 6.07) is 29.3. The number of hydrogen-bond acceptors (Lipinski definition) is 5. The van der Waals surface area contributed by atoms with Crippen molar-refractivity contribution in [1.82, 2.24) is 4.68 Å². The molecule has 0 aliphatic heterocycles. The number of nitrogens with zero attached hydrogens (tertiary/aromatic N) is 3. The third-order valence-corrected chi connectivity index (χ3v) is 7.26. The Morgan fingerprint density at radius 1 is 0.897 bits per heavy atom. The van der Waals surface area contributed by atoms with Crippen LogP contribution in [0.2, 0.25) is 10.0 Å². The quantitative estimate of drug-likeness (QED) is 0.174. The van der Waals surface area contributed by atoms with E-state index in [2.05, 4.69) is 31.2 Å². The molecule has 4 aromatic carbocycles. The Kier molecular flexibility index (Phi) is 8.47. The van der Waals surface area contributed by atoms with Gasteiger partial charge in [0.25, 0.3) is 0 Å². The fraction of sp³-hybridized carbons (Fsp3) is 0.0968. The average Bonchev–Trinajstić information content (AvgIpc) is 3.35. The highest BCUT2D eigenvalue weighted by Gasteiger charge is 2.10. The Morgan fingerprint density at radius 2 is 1.69 bits per heavy atom. The van der Waals surface area contributed by atoms with Crippen LogP contribution in [-0.2, 0) is 6.61 Å². The molecule has 5 rings (SSSR count). The molecular formula is C31H25Cl2N3O2S. The van der Waals surface area contributed by atoms with Crippen LogP contribution in [0.5, 0.6) is 11.5 Å².